The van der Waals surface area contributed by atoms with Crippen LogP contribution in [0.5, 0.6) is 0 Å². The van der Waals surface area contributed by atoms with Crippen molar-refractivity contribution in [1.29, 1.82) is 0 Å². The third kappa shape index (κ3) is 13.2. The third-order valence-electron chi connectivity index (χ3n) is 8.01. The van der Waals surface area contributed by atoms with Crippen molar-refractivity contribution in [2.75, 3.05) is 44.6 Å². The maximum atomic E-state index is 13.4. The molecule has 1 unspecified atom stereocenters. The molecule has 0 radical (unpaired) electrons. The molecule has 2 aliphatic heterocycles. The molecule has 7 N–H and O–H groups in total. The van der Waals surface area contributed by atoms with Crippen LogP contribution in [0.15, 0.2) is 36.4 Å². The normalized spacial score (nSPS) is 15.5. The Labute approximate surface area is 285 Å². The molecule has 49 heavy (non-hydrogen) atoms. The Morgan fingerprint density at radius 2 is 1.57 bits per heavy atom. The van der Waals surface area contributed by atoms with Crippen molar-refractivity contribution in [3.63, 3.8) is 0 Å². The number of nitrogens with zero attached hydrogens (tertiary/aromatic N) is 2. The Kier molecular flexibility index (Phi) is 15.5. The van der Waals surface area contributed by atoms with Gasteiger partial charge in [-0.15, -0.1) is 0 Å². The zero-order valence-electron chi connectivity index (χ0n) is 28.1. The van der Waals surface area contributed by atoms with Crippen molar-refractivity contribution in [3.8, 4) is 0 Å². The average molecular weight is 685 g/mol. The highest BCUT2D eigenvalue weighted by Crippen LogP contribution is 2.14. The Bertz CT molecular complexity index is 1340. The van der Waals surface area contributed by atoms with Gasteiger partial charge in [0, 0.05) is 63.5 Å². The Hall–Kier alpha value is -4.99. The SMILES string of the molecule is CC(C)C(NC(=O)CCCCCN1C(=O)C=CC1=O)C(=O)N[C@@H](CCCNC(N)=O)C(=O)Nc1ccc(COC(=O)N2CCNCC2)cc1. The summed E-state index contributed by atoms with van der Waals surface area (Å²) in [6, 6.07) is 4.14. The fourth-order valence-corrected chi connectivity index (χ4v) is 5.21. The first-order valence-electron chi connectivity index (χ1n) is 16.6. The van der Waals surface area contributed by atoms with Crippen molar-refractivity contribution in [1.82, 2.24) is 31.1 Å². The number of carbonyl (C=O) groups excluding carboxylic acids is 7. The van der Waals surface area contributed by atoms with Crippen LogP contribution in [0.3, 0.4) is 0 Å². The lowest BCUT2D eigenvalue weighted by Gasteiger charge is -2.26. The molecule has 3 rings (SSSR count). The second-order valence-electron chi connectivity index (χ2n) is 12.2. The first-order chi connectivity index (χ1) is 23.4. The average Bonchev–Trinajstić information content (AvgIpc) is 3.40. The molecule has 2 heterocycles. The molecule has 2 atom stereocenters. The number of hydrogen-bond acceptors (Lipinski definition) is 9. The van der Waals surface area contributed by atoms with Crippen LogP contribution in [0.25, 0.3) is 0 Å². The van der Waals surface area contributed by atoms with Crippen molar-refractivity contribution < 1.29 is 38.3 Å². The number of rotatable bonds is 18. The molecule has 1 saturated heterocycles. The molecule has 1 aromatic carbocycles. The van der Waals surface area contributed by atoms with Gasteiger partial charge in [0.05, 0.1) is 0 Å². The number of ether oxygens (including phenoxy) is 1. The van der Waals surface area contributed by atoms with E-state index in [0.717, 1.165) is 10.5 Å². The number of carbonyl (C=O) groups is 7. The molecule has 8 amide bonds. The third-order valence-corrected chi connectivity index (χ3v) is 8.01. The van der Waals surface area contributed by atoms with E-state index in [1.54, 1.807) is 43.0 Å². The van der Waals surface area contributed by atoms with E-state index in [1.165, 1.54) is 12.2 Å². The van der Waals surface area contributed by atoms with Crippen LogP contribution in [0.1, 0.15) is 57.9 Å². The molecule has 268 valence electrons. The van der Waals surface area contributed by atoms with Crippen molar-refractivity contribution >= 4 is 47.3 Å². The van der Waals surface area contributed by atoms with E-state index < -0.39 is 29.9 Å². The Balaban J connectivity index is 1.51. The summed E-state index contributed by atoms with van der Waals surface area (Å²) in [5, 5.41) is 13.9. The van der Waals surface area contributed by atoms with E-state index in [0.29, 0.717) is 57.5 Å². The Morgan fingerprint density at radius 1 is 0.898 bits per heavy atom. The number of nitrogens with two attached hydrogens (primary N) is 1. The minimum absolute atomic E-state index is 0.0726. The van der Waals surface area contributed by atoms with Gasteiger partial charge >= 0.3 is 12.1 Å². The van der Waals surface area contributed by atoms with Crippen LogP contribution in [-0.2, 0) is 35.3 Å². The molecule has 0 spiro atoms. The molecular formula is C33H48N8O8. The van der Waals surface area contributed by atoms with Gasteiger partial charge in [-0.1, -0.05) is 32.4 Å². The molecule has 0 aliphatic carbocycles. The summed E-state index contributed by atoms with van der Waals surface area (Å²) in [4.78, 5) is 89.0. The van der Waals surface area contributed by atoms with E-state index >= 15 is 0 Å². The zero-order chi connectivity index (χ0) is 35.8. The van der Waals surface area contributed by atoms with Gasteiger partial charge in [-0.3, -0.25) is 28.9 Å². The number of hydrogen-bond donors (Lipinski definition) is 6. The maximum Gasteiger partial charge on any atom is 0.410 e. The number of benzene rings is 1. The monoisotopic (exact) mass is 684 g/mol. The summed E-state index contributed by atoms with van der Waals surface area (Å²) in [5.74, 6) is -2.35. The van der Waals surface area contributed by atoms with Gasteiger partial charge in [-0.2, -0.15) is 0 Å². The molecular weight excluding hydrogens is 636 g/mol. The van der Waals surface area contributed by atoms with E-state index in [2.05, 4.69) is 26.6 Å². The lowest BCUT2D eigenvalue weighted by Crippen LogP contribution is -2.54. The first-order valence-corrected chi connectivity index (χ1v) is 16.6. The lowest BCUT2D eigenvalue weighted by molar-refractivity contribution is -0.137. The standard InChI is InChI=1S/C33H48N8O8/c1-22(2)29(39-26(42)8-4-3-5-18-41-27(43)13-14-28(41)44)31(46)38-25(7-6-15-36-32(34)47)30(45)37-24-11-9-23(10-12-24)21-49-33(48)40-19-16-35-17-20-40/h9-14,22,25,29,35H,3-8,15-21H2,1-2H3,(H,37,45)(H,38,46)(H,39,42)(H3,34,36,47)/t25-,29?/m0/s1. The molecule has 16 heteroatoms. The topological polar surface area (TPSA) is 221 Å². The Morgan fingerprint density at radius 3 is 2.20 bits per heavy atom. The van der Waals surface area contributed by atoms with Crippen molar-refractivity contribution in [3.05, 3.63) is 42.0 Å². The van der Waals surface area contributed by atoms with Crippen LogP contribution in [0, 0.1) is 5.92 Å². The molecule has 2 aliphatic rings. The minimum Gasteiger partial charge on any atom is -0.445 e. The zero-order valence-corrected chi connectivity index (χ0v) is 28.1. The van der Waals surface area contributed by atoms with Gasteiger partial charge in [-0.05, 0) is 49.3 Å². The van der Waals surface area contributed by atoms with Gasteiger partial charge in [0.1, 0.15) is 18.7 Å². The molecule has 16 nitrogen and oxygen atoms in total. The largest absolute Gasteiger partial charge is 0.445 e. The summed E-state index contributed by atoms with van der Waals surface area (Å²) in [6.45, 7) is 6.68. The van der Waals surface area contributed by atoms with Gasteiger partial charge in [0.2, 0.25) is 17.7 Å². The highest BCUT2D eigenvalue weighted by atomic mass is 16.6. The van der Waals surface area contributed by atoms with Crippen molar-refractivity contribution in [2.45, 2.75) is 71.1 Å². The fraction of sp³-hybridized carbons (Fsp3) is 0.545. The summed E-state index contributed by atoms with van der Waals surface area (Å²) >= 11 is 0. The van der Waals surface area contributed by atoms with Gasteiger partial charge in [-0.25, -0.2) is 9.59 Å². The summed E-state index contributed by atoms with van der Waals surface area (Å²) in [5.41, 5.74) is 6.34. The predicted molar refractivity (Wildman–Crippen MR) is 180 cm³/mol. The maximum absolute atomic E-state index is 13.4. The van der Waals surface area contributed by atoms with Crippen LogP contribution in [0.2, 0.25) is 0 Å². The van der Waals surface area contributed by atoms with E-state index in [4.69, 9.17) is 10.5 Å². The molecule has 1 fully saturated rings. The van der Waals surface area contributed by atoms with E-state index in [1.807, 2.05) is 0 Å². The van der Waals surface area contributed by atoms with Gasteiger partial charge in [0.25, 0.3) is 11.8 Å². The summed E-state index contributed by atoms with van der Waals surface area (Å²) in [6.07, 6.45) is 4.38. The number of unbranched alkanes of at least 4 members (excludes halogenated alkanes) is 2. The second-order valence-corrected chi connectivity index (χ2v) is 12.2. The van der Waals surface area contributed by atoms with Crippen LogP contribution < -0.4 is 32.3 Å². The number of nitrogens with one attached hydrogen (secondary N) is 5. The lowest BCUT2D eigenvalue weighted by atomic mass is 10.0. The fourth-order valence-electron chi connectivity index (χ4n) is 5.21. The molecule has 0 saturated carbocycles. The number of amides is 8. The highest BCUT2D eigenvalue weighted by Gasteiger charge is 2.29. The summed E-state index contributed by atoms with van der Waals surface area (Å²) < 4.78 is 5.40. The highest BCUT2D eigenvalue weighted by molar-refractivity contribution is 6.12. The van der Waals surface area contributed by atoms with Gasteiger partial charge < -0.3 is 42.0 Å². The molecule has 0 aromatic heterocycles. The summed E-state index contributed by atoms with van der Waals surface area (Å²) in [7, 11) is 0. The van der Waals surface area contributed by atoms with E-state index in [9.17, 15) is 33.6 Å². The minimum atomic E-state index is -0.995. The molecule has 1 aromatic rings. The molecule has 0 bridgehead atoms. The number of imide groups is 1. The number of anilines is 1. The van der Waals surface area contributed by atoms with Crippen LogP contribution >= 0.6 is 0 Å². The van der Waals surface area contributed by atoms with Crippen LogP contribution in [0.4, 0.5) is 15.3 Å². The van der Waals surface area contributed by atoms with E-state index in [-0.39, 0.29) is 62.3 Å². The first kappa shape index (κ1) is 38.5. The number of urea groups is 1. The smallest absolute Gasteiger partial charge is 0.410 e. The number of primary amides is 1. The second kappa shape index (κ2) is 19.7. The van der Waals surface area contributed by atoms with Crippen molar-refractivity contribution in [2.24, 2.45) is 11.7 Å². The predicted octanol–water partition coefficient (Wildman–Crippen LogP) is 0.726. The van der Waals surface area contributed by atoms with Gasteiger partial charge in [0.15, 0.2) is 0 Å². The number of piperazine rings is 1. The van der Waals surface area contributed by atoms with Crippen LogP contribution in [-0.4, -0.2) is 103 Å². The quantitative estimate of drug-likeness (QED) is 0.0946.